The molecule has 18 heavy (non-hydrogen) atoms. The number of aromatic nitrogens is 1. The minimum absolute atomic E-state index is 0.0223. The normalized spacial score (nSPS) is 10.2. The summed E-state index contributed by atoms with van der Waals surface area (Å²) in [6.45, 7) is 4.60. The maximum atomic E-state index is 11.7. The van der Waals surface area contributed by atoms with Crippen LogP contribution in [0.4, 0.5) is 0 Å². The van der Waals surface area contributed by atoms with Gasteiger partial charge in [0.25, 0.3) is 5.91 Å². The van der Waals surface area contributed by atoms with Gasteiger partial charge in [-0.05, 0) is 34.0 Å². The highest BCUT2D eigenvalue weighted by molar-refractivity contribution is 9.10. The van der Waals surface area contributed by atoms with E-state index in [1.54, 1.807) is 12.1 Å². The van der Waals surface area contributed by atoms with Crippen LogP contribution >= 0.6 is 15.9 Å². The van der Waals surface area contributed by atoms with Crippen molar-refractivity contribution >= 4 is 27.7 Å². The van der Waals surface area contributed by atoms with Crippen molar-refractivity contribution in [2.24, 2.45) is 5.92 Å². The van der Waals surface area contributed by atoms with E-state index in [4.69, 9.17) is 0 Å². The van der Waals surface area contributed by atoms with Gasteiger partial charge in [0.1, 0.15) is 4.60 Å². The van der Waals surface area contributed by atoms with Gasteiger partial charge in [-0.3, -0.25) is 9.59 Å². The monoisotopic (exact) mass is 313 g/mol. The van der Waals surface area contributed by atoms with Crippen molar-refractivity contribution < 1.29 is 9.59 Å². The quantitative estimate of drug-likeness (QED) is 0.806. The van der Waals surface area contributed by atoms with E-state index in [1.165, 1.54) is 6.20 Å². The van der Waals surface area contributed by atoms with Gasteiger partial charge in [-0.2, -0.15) is 0 Å². The molecule has 0 aromatic carbocycles. The highest BCUT2D eigenvalue weighted by Gasteiger charge is 2.08. The van der Waals surface area contributed by atoms with Crippen LogP contribution in [0, 0.1) is 5.92 Å². The molecule has 0 aliphatic heterocycles. The Kier molecular flexibility index (Phi) is 5.77. The molecule has 0 aliphatic rings. The Balaban J connectivity index is 2.39. The average Bonchev–Trinajstić information content (AvgIpc) is 2.33. The van der Waals surface area contributed by atoms with Crippen molar-refractivity contribution in [2.75, 3.05) is 13.1 Å². The third kappa shape index (κ3) is 5.27. The lowest BCUT2D eigenvalue weighted by atomic mass is 10.2. The van der Waals surface area contributed by atoms with Crippen LogP contribution in [0.25, 0.3) is 0 Å². The van der Waals surface area contributed by atoms with Crippen molar-refractivity contribution in [1.29, 1.82) is 0 Å². The van der Waals surface area contributed by atoms with Crippen LogP contribution in [0.15, 0.2) is 22.9 Å². The number of amides is 2. The molecule has 5 nitrogen and oxygen atoms in total. The second kappa shape index (κ2) is 7.10. The van der Waals surface area contributed by atoms with Crippen LogP contribution in [0.2, 0.25) is 0 Å². The van der Waals surface area contributed by atoms with Crippen molar-refractivity contribution in [2.45, 2.75) is 13.8 Å². The molecular weight excluding hydrogens is 298 g/mol. The fraction of sp³-hybridized carbons (Fsp3) is 0.417. The molecule has 1 aromatic heterocycles. The lowest BCUT2D eigenvalue weighted by Gasteiger charge is -2.08. The van der Waals surface area contributed by atoms with E-state index in [1.807, 2.05) is 13.8 Å². The lowest BCUT2D eigenvalue weighted by molar-refractivity contribution is -0.120. The zero-order valence-electron chi connectivity index (χ0n) is 10.4. The van der Waals surface area contributed by atoms with E-state index in [9.17, 15) is 9.59 Å². The second-order valence-corrected chi connectivity index (χ2v) is 5.06. The van der Waals surface area contributed by atoms with Gasteiger partial charge in [0.15, 0.2) is 0 Å². The summed E-state index contributed by atoms with van der Waals surface area (Å²) < 4.78 is 0.583. The minimum atomic E-state index is -0.294. The first-order chi connectivity index (χ1) is 8.49. The van der Waals surface area contributed by atoms with Crippen LogP contribution in [0.3, 0.4) is 0 Å². The maximum absolute atomic E-state index is 11.7. The van der Waals surface area contributed by atoms with E-state index in [2.05, 4.69) is 31.5 Å². The smallest absolute Gasteiger partial charge is 0.251 e. The first-order valence-electron chi connectivity index (χ1n) is 5.65. The Morgan fingerprint density at radius 3 is 2.72 bits per heavy atom. The second-order valence-electron chi connectivity index (χ2n) is 4.25. The summed E-state index contributed by atoms with van der Waals surface area (Å²) in [6.07, 6.45) is 1.53. The van der Waals surface area contributed by atoms with Crippen molar-refractivity contribution in [1.82, 2.24) is 15.6 Å². The molecule has 0 saturated carbocycles. The van der Waals surface area contributed by atoms with Gasteiger partial charge in [-0.25, -0.2) is 4.98 Å². The van der Waals surface area contributed by atoms with Crippen molar-refractivity contribution in [3.05, 3.63) is 28.5 Å². The highest BCUT2D eigenvalue weighted by Crippen LogP contribution is 2.07. The van der Waals surface area contributed by atoms with E-state index in [0.717, 1.165) is 0 Å². The molecule has 1 aromatic rings. The van der Waals surface area contributed by atoms with Crippen molar-refractivity contribution in [3.8, 4) is 0 Å². The summed E-state index contributed by atoms with van der Waals surface area (Å²) in [5.74, 6) is -0.0937. The maximum Gasteiger partial charge on any atom is 0.251 e. The van der Waals surface area contributed by atoms with Crippen LogP contribution in [-0.2, 0) is 4.79 Å². The predicted octanol–water partition coefficient (Wildman–Crippen LogP) is 1.35. The van der Waals surface area contributed by atoms with Crippen LogP contribution in [0.5, 0.6) is 0 Å². The molecule has 2 N–H and O–H groups in total. The number of carbonyl (C=O) groups is 2. The molecule has 1 rings (SSSR count). The summed E-state index contributed by atoms with van der Waals surface area (Å²) in [5.41, 5.74) is 0.466. The number of halogens is 1. The molecule has 0 saturated heterocycles. The van der Waals surface area contributed by atoms with Gasteiger partial charge in [0, 0.05) is 18.3 Å². The fourth-order valence-corrected chi connectivity index (χ4v) is 1.55. The van der Waals surface area contributed by atoms with Gasteiger partial charge in [-0.15, -0.1) is 0 Å². The number of hydrogen-bond donors (Lipinski definition) is 2. The Morgan fingerprint density at radius 1 is 1.39 bits per heavy atom. The number of carbonyl (C=O) groups excluding carboxylic acids is 2. The number of hydrogen-bond acceptors (Lipinski definition) is 3. The molecule has 0 fully saturated rings. The molecule has 6 heteroatoms. The molecule has 2 amide bonds. The van der Waals surface area contributed by atoms with E-state index in [-0.39, 0.29) is 18.4 Å². The van der Waals surface area contributed by atoms with E-state index in [0.29, 0.717) is 22.6 Å². The third-order valence-corrected chi connectivity index (χ3v) is 2.54. The van der Waals surface area contributed by atoms with Gasteiger partial charge in [0.05, 0.1) is 6.54 Å². The largest absolute Gasteiger partial charge is 0.354 e. The molecule has 0 radical (unpaired) electrons. The topological polar surface area (TPSA) is 71.1 Å². The Hall–Kier alpha value is -1.43. The van der Waals surface area contributed by atoms with E-state index < -0.39 is 0 Å². The van der Waals surface area contributed by atoms with Crippen LogP contribution in [-0.4, -0.2) is 29.9 Å². The van der Waals surface area contributed by atoms with Gasteiger partial charge >= 0.3 is 0 Å². The minimum Gasteiger partial charge on any atom is -0.354 e. The molecule has 0 atom stereocenters. The van der Waals surface area contributed by atoms with Gasteiger partial charge in [0.2, 0.25) is 5.91 Å². The van der Waals surface area contributed by atoms with Gasteiger partial charge < -0.3 is 10.6 Å². The molecule has 0 bridgehead atoms. The van der Waals surface area contributed by atoms with E-state index >= 15 is 0 Å². The fourth-order valence-electron chi connectivity index (χ4n) is 1.19. The van der Waals surface area contributed by atoms with Crippen LogP contribution in [0.1, 0.15) is 24.2 Å². The molecule has 0 unspecified atom stereocenters. The molecule has 0 spiro atoms. The molecule has 1 heterocycles. The number of nitrogens with one attached hydrogen (secondary N) is 2. The summed E-state index contributed by atoms with van der Waals surface area (Å²) >= 11 is 3.18. The Bertz CT molecular complexity index is 435. The SMILES string of the molecule is CC(C)CNC(=O)CNC(=O)c1ccnc(Br)c1. The third-order valence-electron chi connectivity index (χ3n) is 2.11. The lowest BCUT2D eigenvalue weighted by Crippen LogP contribution is -2.38. The standard InChI is InChI=1S/C12H16BrN3O2/c1-8(2)6-15-11(17)7-16-12(18)9-3-4-14-10(13)5-9/h3-5,8H,6-7H2,1-2H3,(H,15,17)(H,16,18). The first-order valence-corrected chi connectivity index (χ1v) is 6.45. The summed E-state index contributed by atoms with van der Waals surface area (Å²) in [4.78, 5) is 27.0. The van der Waals surface area contributed by atoms with Gasteiger partial charge in [-0.1, -0.05) is 13.8 Å². The zero-order chi connectivity index (χ0) is 13.5. The first kappa shape index (κ1) is 14.6. The molecular formula is C12H16BrN3O2. The number of rotatable bonds is 5. The molecule has 98 valence electrons. The molecule has 0 aliphatic carbocycles. The number of pyridine rings is 1. The summed E-state index contributed by atoms with van der Waals surface area (Å²) in [7, 11) is 0. The Morgan fingerprint density at radius 2 is 2.11 bits per heavy atom. The number of nitrogens with zero attached hydrogens (tertiary/aromatic N) is 1. The summed E-state index contributed by atoms with van der Waals surface area (Å²) in [6, 6.07) is 3.19. The highest BCUT2D eigenvalue weighted by atomic mass is 79.9. The zero-order valence-corrected chi connectivity index (χ0v) is 12.0. The average molecular weight is 314 g/mol. The van der Waals surface area contributed by atoms with Crippen LogP contribution < -0.4 is 10.6 Å². The summed E-state index contributed by atoms with van der Waals surface area (Å²) in [5, 5.41) is 5.28. The Labute approximate surface area is 114 Å². The predicted molar refractivity (Wildman–Crippen MR) is 72.1 cm³/mol. The van der Waals surface area contributed by atoms with Crippen molar-refractivity contribution in [3.63, 3.8) is 0 Å².